The molecule has 20 heavy (non-hydrogen) atoms. The summed E-state index contributed by atoms with van der Waals surface area (Å²) in [6.45, 7) is 1.34. The van der Waals surface area contributed by atoms with E-state index >= 15 is 0 Å². The number of terminal acetylenes is 1. The van der Waals surface area contributed by atoms with Crippen molar-refractivity contribution in [2.75, 3.05) is 20.1 Å². The van der Waals surface area contributed by atoms with E-state index in [1.54, 1.807) is 7.05 Å². The number of nitrogens with one attached hydrogen (secondary N) is 2. The first-order valence-corrected chi connectivity index (χ1v) is 6.72. The molecule has 3 nitrogen and oxygen atoms in total. The minimum atomic E-state index is 0. The summed E-state index contributed by atoms with van der Waals surface area (Å²) >= 11 is 5.93. The average molecular weight is 404 g/mol. The number of aliphatic imine (C=N–C) groups is 1. The number of guanidine groups is 1. The van der Waals surface area contributed by atoms with Gasteiger partial charge >= 0.3 is 0 Å². The average Bonchev–Trinajstić information content (AvgIpc) is 3.21. The second-order valence-corrected chi connectivity index (χ2v) is 5.21. The van der Waals surface area contributed by atoms with Crippen molar-refractivity contribution in [2.45, 2.75) is 18.3 Å². The molecule has 1 saturated carbocycles. The van der Waals surface area contributed by atoms with Crippen LogP contribution in [0.15, 0.2) is 29.3 Å². The third kappa shape index (κ3) is 4.29. The van der Waals surface area contributed by atoms with Crippen LogP contribution in [0.5, 0.6) is 0 Å². The van der Waals surface area contributed by atoms with E-state index in [9.17, 15) is 0 Å². The summed E-state index contributed by atoms with van der Waals surface area (Å²) in [6.07, 6.45) is 7.60. The summed E-state index contributed by atoms with van der Waals surface area (Å²) in [5.41, 5.74) is 1.55. The molecule has 0 atom stereocenters. The van der Waals surface area contributed by atoms with Crippen molar-refractivity contribution >= 4 is 41.5 Å². The number of benzene rings is 1. The molecule has 0 saturated heterocycles. The molecule has 1 aliphatic rings. The molecule has 0 spiro atoms. The van der Waals surface area contributed by atoms with Gasteiger partial charge in [0, 0.05) is 24.0 Å². The monoisotopic (exact) mass is 403 g/mol. The van der Waals surface area contributed by atoms with Crippen molar-refractivity contribution in [1.29, 1.82) is 0 Å². The highest BCUT2D eigenvalue weighted by Crippen LogP contribution is 2.47. The summed E-state index contributed by atoms with van der Waals surface area (Å²) in [5.74, 6) is 3.28. The quantitative estimate of drug-likeness (QED) is 0.351. The van der Waals surface area contributed by atoms with Gasteiger partial charge in [-0.25, -0.2) is 0 Å². The van der Waals surface area contributed by atoms with E-state index in [1.165, 1.54) is 18.4 Å². The molecule has 5 heteroatoms. The fourth-order valence-electron chi connectivity index (χ4n) is 2.13. The zero-order valence-electron chi connectivity index (χ0n) is 11.4. The molecule has 1 aromatic carbocycles. The summed E-state index contributed by atoms with van der Waals surface area (Å²) in [6, 6.07) is 8.11. The standard InChI is InChI=1S/C15H18ClN3.HI/c1-3-10-18-14(17-2)19-11-15(8-9-15)12-4-6-13(16)7-5-12;/h1,4-7H,8-11H2,2H3,(H2,17,18,19);1H. The zero-order chi connectivity index (χ0) is 13.7. The molecule has 0 amide bonds. The molecule has 0 aliphatic heterocycles. The molecular formula is C15H19ClIN3. The Hall–Kier alpha value is -0.930. The Kier molecular flexibility index (Phi) is 6.63. The third-order valence-corrected chi connectivity index (χ3v) is 3.74. The maximum Gasteiger partial charge on any atom is 0.191 e. The van der Waals surface area contributed by atoms with E-state index in [0.717, 1.165) is 17.5 Å². The maximum atomic E-state index is 5.93. The fraction of sp³-hybridized carbons (Fsp3) is 0.400. The lowest BCUT2D eigenvalue weighted by Crippen LogP contribution is -2.41. The fourth-order valence-corrected chi connectivity index (χ4v) is 2.26. The number of hydrogen-bond acceptors (Lipinski definition) is 1. The van der Waals surface area contributed by atoms with Gasteiger partial charge in [0.1, 0.15) is 0 Å². The van der Waals surface area contributed by atoms with E-state index in [1.807, 2.05) is 12.1 Å². The molecular weight excluding hydrogens is 385 g/mol. The Morgan fingerprint density at radius 1 is 1.35 bits per heavy atom. The van der Waals surface area contributed by atoms with Gasteiger partial charge in [-0.15, -0.1) is 30.4 Å². The zero-order valence-corrected chi connectivity index (χ0v) is 14.5. The van der Waals surface area contributed by atoms with Crippen LogP contribution >= 0.6 is 35.6 Å². The summed E-state index contributed by atoms with van der Waals surface area (Å²) in [5, 5.41) is 7.17. The lowest BCUT2D eigenvalue weighted by atomic mass is 9.96. The molecule has 0 aromatic heterocycles. The Bertz CT molecular complexity index is 501. The normalized spacial score (nSPS) is 15.8. The van der Waals surface area contributed by atoms with Crippen molar-refractivity contribution in [2.24, 2.45) is 4.99 Å². The molecule has 0 heterocycles. The smallest absolute Gasteiger partial charge is 0.191 e. The topological polar surface area (TPSA) is 36.4 Å². The first kappa shape index (κ1) is 17.1. The molecule has 108 valence electrons. The van der Waals surface area contributed by atoms with Crippen LogP contribution in [0.2, 0.25) is 5.02 Å². The van der Waals surface area contributed by atoms with Crippen molar-refractivity contribution in [1.82, 2.24) is 10.6 Å². The number of rotatable bonds is 4. The highest BCUT2D eigenvalue weighted by Gasteiger charge is 2.44. The van der Waals surface area contributed by atoms with E-state index in [-0.39, 0.29) is 29.4 Å². The van der Waals surface area contributed by atoms with Crippen LogP contribution in [0, 0.1) is 12.3 Å². The summed E-state index contributed by atoms with van der Waals surface area (Å²) in [4.78, 5) is 4.14. The Balaban J connectivity index is 0.00000200. The molecule has 1 aliphatic carbocycles. The van der Waals surface area contributed by atoms with Crippen LogP contribution in [0.1, 0.15) is 18.4 Å². The van der Waals surface area contributed by atoms with Gasteiger partial charge in [-0.1, -0.05) is 29.7 Å². The summed E-state index contributed by atoms with van der Waals surface area (Å²) < 4.78 is 0. The van der Waals surface area contributed by atoms with Crippen LogP contribution in [0.25, 0.3) is 0 Å². The van der Waals surface area contributed by atoms with Gasteiger partial charge in [0.25, 0.3) is 0 Å². The van der Waals surface area contributed by atoms with Crippen molar-refractivity contribution in [3.05, 3.63) is 34.9 Å². The second-order valence-electron chi connectivity index (χ2n) is 4.77. The third-order valence-electron chi connectivity index (χ3n) is 3.49. The SMILES string of the molecule is C#CCNC(=NC)NCC1(c2ccc(Cl)cc2)CC1.I. The predicted molar refractivity (Wildman–Crippen MR) is 96.0 cm³/mol. The molecule has 1 aromatic rings. The maximum absolute atomic E-state index is 5.93. The van der Waals surface area contributed by atoms with Gasteiger partial charge in [-0.3, -0.25) is 4.99 Å². The highest BCUT2D eigenvalue weighted by atomic mass is 127. The van der Waals surface area contributed by atoms with Crippen LogP contribution in [0.3, 0.4) is 0 Å². The highest BCUT2D eigenvalue weighted by molar-refractivity contribution is 14.0. The van der Waals surface area contributed by atoms with E-state index in [4.69, 9.17) is 18.0 Å². The van der Waals surface area contributed by atoms with Gasteiger partial charge in [0.2, 0.25) is 0 Å². The lowest BCUT2D eigenvalue weighted by Gasteiger charge is -2.18. The Morgan fingerprint density at radius 2 is 2.00 bits per heavy atom. The van der Waals surface area contributed by atoms with Crippen molar-refractivity contribution in [3.63, 3.8) is 0 Å². The first-order valence-electron chi connectivity index (χ1n) is 6.34. The van der Waals surface area contributed by atoms with Gasteiger partial charge in [-0.05, 0) is 30.5 Å². The predicted octanol–water partition coefficient (Wildman–Crippen LogP) is 2.79. The van der Waals surface area contributed by atoms with Gasteiger partial charge in [0.15, 0.2) is 5.96 Å². The Labute approximate surface area is 142 Å². The molecule has 0 radical (unpaired) electrons. The first-order chi connectivity index (χ1) is 9.20. The second kappa shape index (κ2) is 7.75. The van der Waals surface area contributed by atoms with Crippen LogP contribution in [-0.4, -0.2) is 26.1 Å². The van der Waals surface area contributed by atoms with Gasteiger partial charge in [0.05, 0.1) is 6.54 Å². The van der Waals surface area contributed by atoms with E-state index in [2.05, 4.69) is 33.7 Å². The van der Waals surface area contributed by atoms with E-state index < -0.39 is 0 Å². The van der Waals surface area contributed by atoms with Crippen LogP contribution in [-0.2, 0) is 5.41 Å². The molecule has 2 N–H and O–H groups in total. The number of nitrogens with zero attached hydrogens (tertiary/aromatic N) is 1. The van der Waals surface area contributed by atoms with Crippen molar-refractivity contribution < 1.29 is 0 Å². The van der Waals surface area contributed by atoms with Gasteiger partial charge in [-0.2, -0.15) is 0 Å². The number of halogens is 2. The number of hydrogen-bond donors (Lipinski definition) is 2. The lowest BCUT2D eigenvalue weighted by molar-refractivity contribution is 0.649. The summed E-state index contributed by atoms with van der Waals surface area (Å²) in [7, 11) is 1.74. The molecule has 0 unspecified atom stereocenters. The molecule has 0 bridgehead atoms. The minimum Gasteiger partial charge on any atom is -0.355 e. The van der Waals surface area contributed by atoms with Crippen molar-refractivity contribution in [3.8, 4) is 12.3 Å². The minimum absolute atomic E-state index is 0. The van der Waals surface area contributed by atoms with E-state index in [0.29, 0.717) is 6.54 Å². The Morgan fingerprint density at radius 3 is 2.50 bits per heavy atom. The van der Waals surface area contributed by atoms with Gasteiger partial charge < -0.3 is 10.6 Å². The molecule has 2 rings (SSSR count). The van der Waals surface area contributed by atoms with Crippen LogP contribution < -0.4 is 10.6 Å². The largest absolute Gasteiger partial charge is 0.355 e. The van der Waals surface area contributed by atoms with Crippen LogP contribution in [0.4, 0.5) is 0 Å². The molecule has 1 fully saturated rings.